The number of hydrogen-bond donors (Lipinski definition) is 2. The van der Waals surface area contributed by atoms with Crippen LogP contribution in [0, 0.1) is 6.92 Å². The molecule has 1 fully saturated rings. The highest BCUT2D eigenvalue weighted by Crippen LogP contribution is 2.26. The van der Waals surface area contributed by atoms with E-state index < -0.39 is 5.60 Å². The molecule has 1 aliphatic heterocycles. The Bertz CT molecular complexity index is 334. The van der Waals surface area contributed by atoms with Crippen LogP contribution in [0.1, 0.15) is 31.1 Å². The zero-order valence-corrected chi connectivity index (χ0v) is 9.42. The molecule has 1 aromatic rings. The molecule has 15 heavy (non-hydrogen) atoms. The highest BCUT2D eigenvalue weighted by Gasteiger charge is 2.33. The number of rotatable bonds is 2. The van der Waals surface area contributed by atoms with Gasteiger partial charge in [-0.2, -0.15) is 0 Å². The van der Waals surface area contributed by atoms with Gasteiger partial charge in [-0.1, -0.05) is 0 Å². The summed E-state index contributed by atoms with van der Waals surface area (Å²) < 4.78 is 5.39. The molecule has 1 aliphatic rings. The van der Waals surface area contributed by atoms with Crippen LogP contribution in [0.3, 0.4) is 0 Å². The third-order valence-electron chi connectivity index (χ3n) is 3.06. The summed E-state index contributed by atoms with van der Waals surface area (Å²) in [6, 6.07) is 2.39. The van der Waals surface area contributed by atoms with Crippen LogP contribution in [0.25, 0.3) is 0 Å². The van der Waals surface area contributed by atoms with Crippen LogP contribution < -0.4 is 5.32 Å². The van der Waals surface area contributed by atoms with Crippen molar-refractivity contribution < 1.29 is 9.52 Å². The lowest BCUT2D eigenvalue weighted by atomic mass is 9.85. The Balaban J connectivity index is 2.03. The van der Waals surface area contributed by atoms with Gasteiger partial charge in [-0.15, -0.1) is 0 Å². The van der Waals surface area contributed by atoms with Crippen molar-refractivity contribution in [1.82, 2.24) is 5.32 Å². The zero-order chi connectivity index (χ0) is 10.9. The van der Waals surface area contributed by atoms with E-state index in [0.29, 0.717) is 12.5 Å². The average molecular weight is 209 g/mol. The third kappa shape index (κ3) is 2.61. The second-order valence-corrected chi connectivity index (χ2v) is 4.80. The molecule has 1 aromatic heterocycles. The predicted molar refractivity (Wildman–Crippen MR) is 58.8 cm³/mol. The van der Waals surface area contributed by atoms with Gasteiger partial charge in [0.05, 0.1) is 11.9 Å². The van der Waals surface area contributed by atoms with Crippen molar-refractivity contribution in [1.29, 1.82) is 0 Å². The van der Waals surface area contributed by atoms with Crippen molar-refractivity contribution >= 4 is 0 Å². The third-order valence-corrected chi connectivity index (χ3v) is 3.06. The lowest BCUT2D eigenvalue weighted by molar-refractivity contribution is -0.00520. The van der Waals surface area contributed by atoms with Gasteiger partial charge < -0.3 is 14.8 Å². The van der Waals surface area contributed by atoms with E-state index in [0.717, 1.165) is 30.7 Å². The first-order valence-corrected chi connectivity index (χ1v) is 5.57. The Labute approximate surface area is 90.5 Å². The first-order valence-electron chi connectivity index (χ1n) is 5.57. The van der Waals surface area contributed by atoms with E-state index in [1.165, 1.54) is 0 Å². The Morgan fingerprint density at radius 3 is 3.07 bits per heavy atom. The molecule has 84 valence electrons. The highest BCUT2D eigenvalue weighted by molar-refractivity contribution is 5.13. The van der Waals surface area contributed by atoms with Crippen LogP contribution in [0.2, 0.25) is 0 Å². The molecular weight excluding hydrogens is 190 g/mol. The van der Waals surface area contributed by atoms with Crippen LogP contribution in [0.4, 0.5) is 0 Å². The molecule has 2 atom stereocenters. The molecule has 3 nitrogen and oxygen atoms in total. The quantitative estimate of drug-likeness (QED) is 0.778. The van der Waals surface area contributed by atoms with E-state index >= 15 is 0 Å². The Kier molecular flexibility index (Phi) is 2.85. The van der Waals surface area contributed by atoms with Crippen molar-refractivity contribution in [3.05, 3.63) is 23.7 Å². The van der Waals surface area contributed by atoms with Crippen LogP contribution in [-0.4, -0.2) is 23.3 Å². The van der Waals surface area contributed by atoms with E-state index in [9.17, 15) is 5.11 Å². The van der Waals surface area contributed by atoms with Gasteiger partial charge in [0.1, 0.15) is 5.76 Å². The van der Waals surface area contributed by atoms with Crippen molar-refractivity contribution in [3.8, 4) is 0 Å². The summed E-state index contributed by atoms with van der Waals surface area (Å²) in [7, 11) is 0. The van der Waals surface area contributed by atoms with E-state index in [4.69, 9.17) is 4.42 Å². The number of aliphatic hydroxyl groups is 1. The first kappa shape index (κ1) is 10.7. The van der Waals surface area contributed by atoms with Gasteiger partial charge in [0, 0.05) is 12.5 Å². The maximum atomic E-state index is 10.4. The van der Waals surface area contributed by atoms with Gasteiger partial charge in [-0.05, 0) is 44.9 Å². The van der Waals surface area contributed by atoms with E-state index in [2.05, 4.69) is 12.2 Å². The lowest BCUT2D eigenvalue weighted by Crippen LogP contribution is -2.47. The zero-order valence-electron chi connectivity index (χ0n) is 9.42. The normalized spacial score (nSPS) is 31.8. The SMILES string of the molecule is Cc1coc(CC2(O)CCNC(C)C2)c1. The molecule has 0 amide bonds. The minimum atomic E-state index is -0.588. The number of hydrogen-bond acceptors (Lipinski definition) is 3. The molecule has 0 aromatic carbocycles. The second kappa shape index (κ2) is 3.99. The highest BCUT2D eigenvalue weighted by atomic mass is 16.3. The average Bonchev–Trinajstić information content (AvgIpc) is 2.49. The molecule has 0 aliphatic carbocycles. The van der Waals surface area contributed by atoms with Crippen LogP contribution in [0.5, 0.6) is 0 Å². The van der Waals surface area contributed by atoms with Crippen LogP contribution in [0.15, 0.2) is 16.7 Å². The molecule has 2 N–H and O–H groups in total. The summed E-state index contributed by atoms with van der Waals surface area (Å²) in [6.07, 6.45) is 3.97. The lowest BCUT2D eigenvalue weighted by Gasteiger charge is -2.35. The number of nitrogens with one attached hydrogen (secondary N) is 1. The number of furan rings is 1. The van der Waals surface area contributed by atoms with E-state index in [-0.39, 0.29) is 0 Å². The molecule has 3 heteroatoms. The molecule has 2 rings (SSSR count). The maximum absolute atomic E-state index is 10.4. The van der Waals surface area contributed by atoms with Gasteiger partial charge in [0.25, 0.3) is 0 Å². The fourth-order valence-corrected chi connectivity index (χ4v) is 2.36. The van der Waals surface area contributed by atoms with Crippen molar-refractivity contribution in [2.75, 3.05) is 6.54 Å². The number of piperidine rings is 1. The van der Waals surface area contributed by atoms with Crippen LogP contribution >= 0.6 is 0 Å². The summed E-state index contributed by atoms with van der Waals surface area (Å²) in [6.45, 7) is 5.00. The van der Waals surface area contributed by atoms with Crippen molar-refractivity contribution in [2.45, 2.75) is 44.8 Å². The largest absolute Gasteiger partial charge is 0.469 e. The Hall–Kier alpha value is -0.800. The topological polar surface area (TPSA) is 45.4 Å². The first-order chi connectivity index (χ1) is 7.07. The van der Waals surface area contributed by atoms with Crippen molar-refractivity contribution in [2.24, 2.45) is 0 Å². The smallest absolute Gasteiger partial charge is 0.106 e. The monoisotopic (exact) mass is 209 g/mol. The number of aryl methyl sites for hydroxylation is 1. The standard InChI is InChI=1S/C12H19NO2/c1-9-5-11(15-8-9)7-12(14)3-4-13-10(2)6-12/h5,8,10,13-14H,3-4,6-7H2,1-2H3. The molecule has 0 radical (unpaired) electrons. The second-order valence-electron chi connectivity index (χ2n) is 4.80. The molecule has 2 heterocycles. The van der Waals surface area contributed by atoms with Gasteiger partial charge in [-0.25, -0.2) is 0 Å². The maximum Gasteiger partial charge on any atom is 0.106 e. The minimum Gasteiger partial charge on any atom is -0.469 e. The molecule has 2 unspecified atom stereocenters. The summed E-state index contributed by atoms with van der Waals surface area (Å²) >= 11 is 0. The Morgan fingerprint density at radius 2 is 2.47 bits per heavy atom. The predicted octanol–water partition coefficient (Wildman–Crippen LogP) is 1.63. The summed E-state index contributed by atoms with van der Waals surface area (Å²) in [5, 5.41) is 13.7. The van der Waals surface area contributed by atoms with Gasteiger partial charge in [0.2, 0.25) is 0 Å². The molecule has 0 bridgehead atoms. The van der Waals surface area contributed by atoms with Crippen molar-refractivity contribution in [3.63, 3.8) is 0 Å². The Morgan fingerprint density at radius 1 is 1.67 bits per heavy atom. The van der Waals surface area contributed by atoms with E-state index in [1.54, 1.807) is 6.26 Å². The van der Waals surface area contributed by atoms with Crippen LogP contribution in [-0.2, 0) is 6.42 Å². The minimum absolute atomic E-state index is 0.389. The summed E-state index contributed by atoms with van der Waals surface area (Å²) in [5.41, 5.74) is 0.533. The fraction of sp³-hybridized carbons (Fsp3) is 0.667. The van der Waals surface area contributed by atoms with Gasteiger partial charge in [-0.3, -0.25) is 0 Å². The molecular formula is C12H19NO2. The van der Waals surface area contributed by atoms with E-state index in [1.807, 2.05) is 13.0 Å². The van der Waals surface area contributed by atoms with Gasteiger partial charge in [0.15, 0.2) is 0 Å². The molecule has 0 saturated carbocycles. The van der Waals surface area contributed by atoms with Gasteiger partial charge >= 0.3 is 0 Å². The summed E-state index contributed by atoms with van der Waals surface area (Å²) in [4.78, 5) is 0. The fourth-order valence-electron chi connectivity index (χ4n) is 2.36. The molecule has 0 spiro atoms. The summed E-state index contributed by atoms with van der Waals surface area (Å²) in [5.74, 6) is 0.893. The molecule has 1 saturated heterocycles.